The molecule has 1 saturated heterocycles. The molecule has 0 spiro atoms. The molecule has 2 atom stereocenters. The van der Waals surface area contributed by atoms with E-state index in [4.69, 9.17) is 12.2 Å². The zero-order valence-electron chi connectivity index (χ0n) is 14.8. The Morgan fingerprint density at radius 1 is 1.15 bits per heavy atom. The predicted molar refractivity (Wildman–Crippen MR) is 110 cm³/mol. The molecule has 3 heterocycles. The summed E-state index contributed by atoms with van der Waals surface area (Å²) in [5, 5.41) is 1.78. The summed E-state index contributed by atoms with van der Waals surface area (Å²) in [4.78, 5) is 20.5. The molecule has 2 aliphatic rings. The highest BCUT2D eigenvalue weighted by atomic mass is 32.1. The SMILES string of the molecule is C=CCN1C(=O)[C@@H]2Cc3c([nH]c4ccccc34)[C@@H](c3ccccc3)N2C1=S. The number of nitrogens with zero attached hydrogens (tertiary/aromatic N) is 2. The third-order valence-corrected chi connectivity index (χ3v) is 5.99. The number of carbonyl (C=O) groups is 1. The number of carbonyl (C=O) groups excluding carboxylic acids is 1. The first-order valence-corrected chi connectivity index (χ1v) is 9.50. The summed E-state index contributed by atoms with van der Waals surface area (Å²) < 4.78 is 0. The fourth-order valence-electron chi connectivity index (χ4n) is 4.41. The van der Waals surface area contributed by atoms with Gasteiger partial charge in [-0.3, -0.25) is 9.69 Å². The van der Waals surface area contributed by atoms with Gasteiger partial charge >= 0.3 is 0 Å². The van der Waals surface area contributed by atoms with Gasteiger partial charge in [-0.05, 0) is 29.4 Å². The molecule has 0 saturated carbocycles. The molecule has 1 amide bonds. The average Bonchev–Trinajstić information content (AvgIpc) is 3.18. The average molecular weight is 373 g/mol. The smallest absolute Gasteiger partial charge is 0.252 e. The van der Waals surface area contributed by atoms with E-state index in [2.05, 4.69) is 40.7 Å². The van der Waals surface area contributed by atoms with Crippen LogP contribution in [0.5, 0.6) is 0 Å². The maximum Gasteiger partial charge on any atom is 0.252 e. The second-order valence-corrected chi connectivity index (χ2v) is 7.39. The minimum Gasteiger partial charge on any atom is -0.356 e. The summed E-state index contributed by atoms with van der Waals surface area (Å²) in [5.74, 6) is 0.0664. The van der Waals surface area contributed by atoms with Crippen molar-refractivity contribution in [2.24, 2.45) is 0 Å². The number of H-pyrrole nitrogens is 1. The molecule has 0 aliphatic carbocycles. The third kappa shape index (κ3) is 2.28. The number of aromatic nitrogens is 1. The predicted octanol–water partition coefficient (Wildman–Crippen LogP) is 3.80. The second-order valence-electron chi connectivity index (χ2n) is 7.02. The summed E-state index contributed by atoms with van der Waals surface area (Å²) in [6.45, 7) is 4.23. The van der Waals surface area contributed by atoms with E-state index in [1.165, 1.54) is 10.9 Å². The summed E-state index contributed by atoms with van der Waals surface area (Å²) in [6, 6.07) is 18.2. The molecule has 0 radical (unpaired) electrons. The normalized spacial score (nSPS) is 21.5. The van der Waals surface area contributed by atoms with Gasteiger partial charge in [0.15, 0.2) is 5.11 Å². The molecule has 2 aromatic carbocycles. The van der Waals surface area contributed by atoms with Crippen LogP contribution < -0.4 is 0 Å². The minimum atomic E-state index is -0.269. The molecule has 0 unspecified atom stereocenters. The van der Waals surface area contributed by atoms with E-state index in [1.54, 1.807) is 11.0 Å². The third-order valence-electron chi connectivity index (χ3n) is 5.56. The summed E-state index contributed by atoms with van der Waals surface area (Å²) in [5.41, 5.74) is 4.59. The van der Waals surface area contributed by atoms with Gasteiger partial charge in [-0.25, -0.2) is 0 Å². The topological polar surface area (TPSA) is 39.3 Å². The van der Waals surface area contributed by atoms with E-state index in [1.807, 2.05) is 30.3 Å². The molecule has 5 heteroatoms. The van der Waals surface area contributed by atoms with Crippen LogP contribution in [0.2, 0.25) is 0 Å². The van der Waals surface area contributed by atoms with Gasteiger partial charge in [-0.1, -0.05) is 54.6 Å². The van der Waals surface area contributed by atoms with Crippen LogP contribution in [0.15, 0.2) is 67.3 Å². The number of hydrogen-bond acceptors (Lipinski definition) is 2. The van der Waals surface area contributed by atoms with E-state index >= 15 is 0 Å². The number of benzene rings is 2. The summed E-state index contributed by atoms with van der Waals surface area (Å²) in [6.07, 6.45) is 2.39. The van der Waals surface area contributed by atoms with Crippen LogP contribution in [-0.4, -0.2) is 38.4 Å². The lowest BCUT2D eigenvalue weighted by molar-refractivity contribution is -0.128. The lowest BCUT2D eigenvalue weighted by Gasteiger charge is -2.37. The maximum absolute atomic E-state index is 13.1. The van der Waals surface area contributed by atoms with E-state index in [0.717, 1.165) is 16.8 Å². The van der Waals surface area contributed by atoms with Crippen LogP contribution in [0, 0.1) is 0 Å². The van der Waals surface area contributed by atoms with Crippen molar-refractivity contribution in [2.45, 2.75) is 18.5 Å². The molecule has 1 fully saturated rings. The van der Waals surface area contributed by atoms with Gasteiger partial charge < -0.3 is 9.88 Å². The number of amides is 1. The van der Waals surface area contributed by atoms with Crippen molar-refractivity contribution in [3.63, 3.8) is 0 Å². The van der Waals surface area contributed by atoms with Crippen LogP contribution in [0.4, 0.5) is 0 Å². The highest BCUT2D eigenvalue weighted by molar-refractivity contribution is 7.80. The Bertz CT molecular complexity index is 1070. The van der Waals surface area contributed by atoms with Gasteiger partial charge in [-0.15, -0.1) is 6.58 Å². The van der Waals surface area contributed by atoms with E-state index in [0.29, 0.717) is 18.1 Å². The van der Waals surface area contributed by atoms with E-state index < -0.39 is 0 Å². The van der Waals surface area contributed by atoms with Crippen LogP contribution in [0.25, 0.3) is 10.9 Å². The number of thiocarbonyl (C=S) groups is 1. The largest absolute Gasteiger partial charge is 0.356 e. The number of nitrogens with one attached hydrogen (secondary N) is 1. The van der Waals surface area contributed by atoms with Gasteiger partial charge in [0, 0.05) is 29.6 Å². The van der Waals surface area contributed by atoms with Crippen molar-refractivity contribution in [1.82, 2.24) is 14.8 Å². The molecule has 2 aliphatic heterocycles. The second kappa shape index (κ2) is 6.06. The van der Waals surface area contributed by atoms with Crippen molar-refractivity contribution >= 4 is 34.1 Å². The molecule has 1 N–H and O–H groups in total. The van der Waals surface area contributed by atoms with Crippen LogP contribution in [0.3, 0.4) is 0 Å². The quantitative estimate of drug-likeness (QED) is 0.561. The van der Waals surface area contributed by atoms with E-state index in [9.17, 15) is 4.79 Å². The number of fused-ring (bicyclic) bond motifs is 4. The van der Waals surface area contributed by atoms with Gasteiger partial charge in [0.2, 0.25) is 0 Å². The Kier molecular flexibility index (Phi) is 3.65. The first kappa shape index (κ1) is 16.3. The number of hydrogen-bond donors (Lipinski definition) is 1. The number of rotatable bonds is 3. The number of para-hydroxylation sites is 1. The first-order valence-electron chi connectivity index (χ1n) is 9.09. The van der Waals surface area contributed by atoms with Crippen molar-refractivity contribution in [3.05, 3.63) is 84.1 Å². The molecule has 27 heavy (non-hydrogen) atoms. The highest BCUT2D eigenvalue weighted by Gasteiger charge is 2.49. The van der Waals surface area contributed by atoms with Crippen molar-refractivity contribution in [1.29, 1.82) is 0 Å². The molecule has 4 nitrogen and oxygen atoms in total. The van der Waals surface area contributed by atoms with Gasteiger partial charge in [-0.2, -0.15) is 0 Å². The Hall–Kier alpha value is -2.92. The standard InChI is InChI=1S/C22H19N3OS/c1-2-12-24-21(26)18-13-16-15-10-6-7-11-17(15)23-19(16)20(25(18)22(24)27)14-8-4-3-5-9-14/h2-11,18,20,23H,1,12-13H2/t18-,20+/m0/s1. The molecule has 3 aromatic rings. The van der Waals surface area contributed by atoms with Crippen LogP contribution in [-0.2, 0) is 11.2 Å². The Labute approximate surface area is 163 Å². The van der Waals surface area contributed by atoms with Crippen LogP contribution in [0.1, 0.15) is 22.9 Å². The summed E-state index contributed by atoms with van der Waals surface area (Å²) in [7, 11) is 0. The Balaban J connectivity index is 1.74. The zero-order valence-corrected chi connectivity index (χ0v) is 15.6. The van der Waals surface area contributed by atoms with Crippen molar-refractivity contribution < 1.29 is 4.79 Å². The summed E-state index contributed by atoms with van der Waals surface area (Å²) >= 11 is 5.74. The van der Waals surface area contributed by atoms with E-state index in [-0.39, 0.29) is 18.0 Å². The molecule has 5 rings (SSSR count). The highest BCUT2D eigenvalue weighted by Crippen LogP contribution is 2.43. The van der Waals surface area contributed by atoms with Gasteiger partial charge in [0.1, 0.15) is 6.04 Å². The van der Waals surface area contributed by atoms with Crippen molar-refractivity contribution in [3.8, 4) is 0 Å². The minimum absolute atomic E-state index is 0.0664. The monoisotopic (exact) mass is 373 g/mol. The maximum atomic E-state index is 13.1. The Morgan fingerprint density at radius 3 is 2.67 bits per heavy atom. The zero-order chi connectivity index (χ0) is 18.5. The molecule has 0 bridgehead atoms. The fourth-order valence-corrected chi connectivity index (χ4v) is 4.81. The molecule has 1 aromatic heterocycles. The molecular weight excluding hydrogens is 354 g/mol. The van der Waals surface area contributed by atoms with Gasteiger partial charge in [0.25, 0.3) is 5.91 Å². The fraction of sp³-hybridized carbons (Fsp3) is 0.182. The lowest BCUT2D eigenvalue weighted by atomic mass is 9.89. The lowest BCUT2D eigenvalue weighted by Crippen LogP contribution is -2.44. The molecule has 134 valence electrons. The van der Waals surface area contributed by atoms with Crippen LogP contribution >= 0.6 is 12.2 Å². The Morgan fingerprint density at radius 2 is 1.89 bits per heavy atom. The number of aromatic amines is 1. The first-order chi connectivity index (χ1) is 13.2. The molecular formula is C22H19N3OS. The van der Waals surface area contributed by atoms with Crippen molar-refractivity contribution in [2.75, 3.05) is 6.54 Å². The van der Waals surface area contributed by atoms with Gasteiger partial charge in [0.05, 0.1) is 6.04 Å².